The molecule has 2 atom stereocenters. The lowest BCUT2D eigenvalue weighted by Crippen LogP contribution is -2.44. The van der Waals surface area contributed by atoms with Crippen LogP contribution in [0.1, 0.15) is 41.0 Å². The minimum Gasteiger partial charge on any atom is -0.496 e. The molecule has 1 aliphatic rings. The highest BCUT2D eigenvalue weighted by atomic mass is 19.4. The highest BCUT2D eigenvalue weighted by Gasteiger charge is 2.36. The fraction of sp³-hybridized carbons (Fsp3) is 0.318. The molecule has 1 amide bonds. The smallest absolute Gasteiger partial charge is 0.417 e. The van der Waals surface area contributed by atoms with E-state index in [0.29, 0.717) is 6.42 Å². The summed E-state index contributed by atoms with van der Waals surface area (Å²) in [5.41, 5.74) is 6.82. The van der Waals surface area contributed by atoms with Gasteiger partial charge in [0.05, 0.1) is 36.0 Å². The third-order valence-corrected chi connectivity index (χ3v) is 5.52. The second-order valence-electron chi connectivity index (χ2n) is 7.35. The van der Waals surface area contributed by atoms with Crippen molar-refractivity contribution in [2.75, 3.05) is 7.11 Å². The van der Waals surface area contributed by atoms with Crippen molar-refractivity contribution < 1.29 is 22.7 Å². The predicted octanol–water partition coefficient (Wildman–Crippen LogP) is 3.98. The number of rotatable bonds is 5. The third kappa shape index (κ3) is 3.98. The van der Waals surface area contributed by atoms with Crippen LogP contribution in [0.15, 0.2) is 48.5 Å². The van der Waals surface area contributed by atoms with E-state index < -0.39 is 29.4 Å². The highest BCUT2D eigenvalue weighted by molar-refractivity contribution is 5.96. The van der Waals surface area contributed by atoms with Crippen molar-refractivity contribution in [3.8, 4) is 5.75 Å². The molecule has 3 aromatic rings. The van der Waals surface area contributed by atoms with Crippen LogP contribution in [-0.2, 0) is 12.7 Å². The molecular weight excluding hydrogens is 409 g/mol. The maximum absolute atomic E-state index is 13.2. The molecule has 31 heavy (non-hydrogen) atoms. The predicted molar refractivity (Wildman–Crippen MR) is 110 cm³/mol. The number of ether oxygens (including phenoxy) is 1. The standard InChI is InChI=1S/C22H23F3N4O2/c1-3-29-17-9-6-10-19(31-2)14(17)11-18(29)16-12-20(28-27-16)26-21(30)13-7-4-5-8-15(13)22(23,24)25/h4-11,16,20,27-28H,3,12H2,1-2H3,(H,26,30). The average molecular weight is 432 g/mol. The van der Waals surface area contributed by atoms with Crippen LogP contribution < -0.4 is 20.9 Å². The monoisotopic (exact) mass is 432 g/mol. The molecule has 6 nitrogen and oxygen atoms in total. The Hall–Kier alpha value is -3.04. The van der Waals surface area contributed by atoms with Crippen molar-refractivity contribution in [1.82, 2.24) is 20.7 Å². The zero-order valence-corrected chi connectivity index (χ0v) is 17.1. The zero-order valence-electron chi connectivity index (χ0n) is 17.1. The number of nitrogens with zero attached hydrogens (tertiary/aromatic N) is 1. The number of fused-ring (bicyclic) bond motifs is 1. The van der Waals surface area contributed by atoms with Crippen molar-refractivity contribution >= 4 is 16.8 Å². The molecule has 4 rings (SSSR count). The third-order valence-electron chi connectivity index (χ3n) is 5.52. The Morgan fingerprint density at radius 3 is 2.68 bits per heavy atom. The number of aryl methyl sites for hydroxylation is 1. The van der Waals surface area contributed by atoms with E-state index in [1.54, 1.807) is 7.11 Å². The van der Waals surface area contributed by atoms with Crippen molar-refractivity contribution in [3.05, 3.63) is 65.4 Å². The van der Waals surface area contributed by atoms with Gasteiger partial charge in [0.25, 0.3) is 5.91 Å². The van der Waals surface area contributed by atoms with E-state index in [1.807, 2.05) is 31.2 Å². The largest absolute Gasteiger partial charge is 0.496 e. The molecule has 9 heteroatoms. The van der Waals surface area contributed by atoms with E-state index in [0.717, 1.165) is 35.0 Å². The highest BCUT2D eigenvalue weighted by Crippen LogP contribution is 2.34. The molecule has 164 valence electrons. The summed E-state index contributed by atoms with van der Waals surface area (Å²) in [6, 6.07) is 12.5. The maximum atomic E-state index is 13.2. The number of halogens is 3. The van der Waals surface area contributed by atoms with E-state index in [9.17, 15) is 18.0 Å². The molecule has 0 aliphatic carbocycles. The lowest BCUT2D eigenvalue weighted by atomic mass is 10.1. The summed E-state index contributed by atoms with van der Waals surface area (Å²) in [6.07, 6.45) is -4.65. The number of alkyl halides is 3. The molecule has 2 aromatic carbocycles. The van der Waals surface area contributed by atoms with E-state index >= 15 is 0 Å². The number of amides is 1. The Bertz CT molecular complexity index is 1110. The Kier molecular flexibility index (Phi) is 5.63. The summed E-state index contributed by atoms with van der Waals surface area (Å²) >= 11 is 0. The van der Waals surface area contributed by atoms with Gasteiger partial charge in [0.15, 0.2) is 0 Å². The Labute approximate surface area is 177 Å². The molecule has 1 aromatic heterocycles. The quantitative estimate of drug-likeness (QED) is 0.571. The van der Waals surface area contributed by atoms with Gasteiger partial charge in [0, 0.05) is 24.0 Å². The van der Waals surface area contributed by atoms with Gasteiger partial charge in [0.1, 0.15) is 5.75 Å². The number of aromatic nitrogens is 1. The molecule has 1 fully saturated rings. The van der Waals surface area contributed by atoms with Gasteiger partial charge >= 0.3 is 6.18 Å². The molecular formula is C22H23F3N4O2. The minimum absolute atomic E-state index is 0.139. The van der Waals surface area contributed by atoms with Gasteiger partial charge in [-0.1, -0.05) is 18.2 Å². The first kappa shape index (κ1) is 21.2. The normalized spacial score (nSPS) is 19.0. The fourth-order valence-corrected chi connectivity index (χ4v) is 4.11. The van der Waals surface area contributed by atoms with Crippen LogP contribution in [-0.4, -0.2) is 23.7 Å². The number of carbonyl (C=O) groups excluding carboxylic acids is 1. The first-order chi connectivity index (χ1) is 14.8. The average Bonchev–Trinajstić information content (AvgIpc) is 3.36. The van der Waals surface area contributed by atoms with Crippen LogP contribution >= 0.6 is 0 Å². The van der Waals surface area contributed by atoms with Crippen LogP contribution in [0.3, 0.4) is 0 Å². The van der Waals surface area contributed by atoms with Crippen LogP contribution in [0.25, 0.3) is 10.9 Å². The van der Waals surface area contributed by atoms with Crippen molar-refractivity contribution in [1.29, 1.82) is 0 Å². The van der Waals surface area contributed by atoms with Crippen LogP contribution in [0.5, 0.6) is 5.75 Å². The zero-order chi connectivity index (χ0) is 22.2. The molecule has 0 bridgehead atoms. The topological polar surface area (TPSA) is 67.3 Å². The number of benzene rings is 2. The van der Waals surface area contributed by atoms with Crippen molar-refractivity contribution in [2.45, 2.75) is 38.3 Å². The maximum Gasteiger partial charge on any atom is 0.417 e. The lowest BCUT2D eigenvalue weighted by molar-refractivity contribution is -0.137. The Balaban J connectivity index is 1.54. The number of hydrogen-bond donors (Lipinski definition) is 3. The number of hydrogen-bond acceptors (Lipinski definition) is 4. The summed E-state index contributed by atoms with van der Waals surface area (Å²) in [5.74, 6) is -0.00361. The summed E-state index contributed by atoms with van der Waals surface area (Å²) in [5, 5.41) is 3.64. The van der Waals surface area contributed by atoms with Gasteiger partial charge in [-0.05, 0) is 37.3 Å². The molecule has 1 aliphatic heterocycles. The molecule has 2 heterocycles. The number of carbonyl (C=O) groups is 1. The second kappa shape index (κ2) is 8.24. The second-order valence-corrected chi connectivity index (χ2v) is 7.35. The van der Waals surface area contributed by atoms with Gasteiger partial charge in [-0.2, -0.15) is 13.2 Å². The first-order valence-electron chi connectivity index (χ1n) is 9.97. The van der Waals surface area contributed by atoms with Gasteiger partial charge in [-0.15, -0.1) is 0 Å². The van der Waals surface area contributed by atoms with Gasteiger partial charge in [-0.3, -0.25) is 4.79 Å². The number of hydrazine groups is 1. The van der Waals surface area contributed by atoms with Crippen LogP contribution in [0.2, 0.25) is 0 Å². The first-order valence-corrected chi connectivity index (χ1v) is 9.97. The molecule has 3 N–H and O–H groups in total. The van der Waals surface area contributed by atoms with E-state index in [-0.39, 0.29) is 6.04 Å². The van der Waals surface area contributed by atoms with Crippen LogP contribution in [0.4, 0.5) is 13.2 Å². The molecule has 1 saturated heterocycles. The van der Waals surface area contributed by atoms with Gasteiger partial charge in [0.2, 0.25) is 0 Å². The SMILES string of the molecule is CCn1c(C2CC(NC(=O)c3ccccc3C(F)(F)F)NN2)cc2c(OC)cccc21. The Morgan fingerprint density at radius 1 is 1.19 bits per heavy atom. The summed E-state index contributed by atoms with van der Waals surface area (Å²) in [4.78, 5) is 12.6. The number of methoxy groups -OCH3 is 1. The molecule has 0 spiro atoms. The van der Waals surface area contributed by atoms with Crippen molar-refractivity contribution in [2.24, 2.45) is 0 Å². The summed E-state index contributed by atoms with van der Waals surface area (Å²) in [7, 11) is 1.62. The molecule has 0 radical (unpaired) electrons. The van der Waals surface area contributed by atoms with Crippen molar-refractivity contribution in [3.63, 3.8) is 0 Å². The van der Waals surface area contributed by atoms with Crippen LogP contribution in [0, 0.1) is 0 Å². The van der Waals surface area contributed by atoms with E-state index in [2.05, 4.69) is 20.7 Å². The summed E-state index contributed by atoms with van der Waals surface area (Å²) < 4.78 is 47.3. The Morgan fingerprint density at radius 2 is 1.97 bits per heavy atom. The summed E-state index contributed by atoms with van der Waals surface area (Å²) in [6.45, 7) is 2.78. The van der Waals surface area contributed by atoms with Gasteiger partial charge in [-0.25, -0.2) is 10.9 Å². The molecule has 2 unspecified atom stereocenters. The van der Waals surface area contributed by atoms with Gasteiger partial charge < -0.3 is 14.6 Å². The fourth-order valence-electron chi connectivity index (χ4n) is 4.11. The lowest BCUT2D eigenvalue weighted by Gasteiger charge is -2.16. The van der Waals surface area contributed by atoms with E-state index in [1.165, 1.54) is 18.2 Å². The minimum atomic E-state index is -4.60. The van der Waals surface area contributed by atoms with E-state index in [4.69, 9.17) is 4.74 Å². The molecule has 0 saturated carbocycles. The number of nitrogens with one attached hydrogen (secondary N) is 3.